The summed E-state index contributed by atoms with van der Waals surface area (Å²) in [5.74, 6) is 1.41. The van der Waals surface area contributed by atoms with Crippen molar-refractivity contribution < 1.29 is 19.0 Å². The van der Waals surface area contributed by atoms with Crippen LogP contribution in [-0.2, 0) is 4.79 Å². The molecule has 0 radical (unpaired) electrons. The minimum absolute atomic E-state index is 0.172. The lowest BCUT2D eigenvalue weighted by atomic mass is 10.1. The van der Waals surface area contributed by atoms with E-state index in [1.165, 1.54) is 6.08 Å². The molecule has 1 amide bonds. The van der Waals surface area contributed by atoms with E-state index in [0.29, 0.717) is 17.2 Å². The molecule has 3 aromatic carbocycles. The Morgan fingerprint density at radius 1 is 0.833 bits per heavy atom. The molecule has 0 fully saturated rings. The molecule has 0 heterocycles. The number of rotatable bonds is 6. The first kappa shape index (κ1) is 19.6. The number of carbonyl (C=O) groups excluding carboxylic acids is 1. The Labute approximate surface area is 175 Å². The van der Waals surface area contributed by atoms with Crippen molar-refractivity contribution in [1.29, 1.82) is 0 Å². The van der Waals surface area contributed by atoms with Crippen molar-refractivity contribution in [2.24, 2.45) is 0 Å². The minimum atomic E-state index is -0.180. The smallest absolute Gasteiger partial charge is 0.244 e. The van der Waals surface area contributed by atoms with E-state index in [9.17, 15) is 4.79 Å². The van der Waals surface area contributed by atoms with Crippen molar-refractivity contribution in [2.75, 3.05) is 21.3 Å². The Bertz CT molecular complexity index is 1050. The summed E-state index contributed by atoms with van der Waals surface area (Å²) in [7, 11) is 4.68. The van der Waals surface area contributed by atoms with Gasteiger partial charge < -0.3 is 19.5 Å². The summed E-state index contributed by atoms with van der Waals surface area (Å²) >= 11 is 0. The van der Waals surface area contributed by atoms with Crippen LogP contribution in [0.3, 0.4) is 0 Å². The van der Waals surface area contributed by atoms with E-state index in [0.717, 1.165) is 27.8 Å². The van der Waals surface area contributed by atoms with Crippen LogP contribution >= 0.6 is 0 Å². The molecule has 0 saturated heterocycles. The first-order chi connectivity index (χ1) is 14.7. The zero-order chi connectivity index (χ0) is 21.1. The maximum Gasteiger partial charge on any atom is 0.244 e. The summed E-state index contributed by atoms with van der Waals surface area (Å²) in [5.41, 5.74) is 5.30. The minimum Gasteiger partial charge on any atom is -0.493 e. The van der Waals surface area contributed by atoms with Crippen LogP contribution < -0.4 is 19.5 Å². The molecule has 30 heavy (non-hydrogen) atoms. The van der Waals surface area contributed by atoms with Crippen LogP contribution in [0.4, 0.5) is 0 Å². The van der Waals surface area contributed by atoms with Gasteiger partial charge in [-0.3, -0.25) is 4.79 Å². The lowest BCUT2D eigenvalue weighted by Gasteiger charge is -2.15. The second-order valence-corrected chi connectivity index (χ2v) is 6.91. The highest BCUT2D eigenvalue weighted by Crippen LogP contribution is 2.43. The first-order valence-corrected chi connectivity index (χ1v) is 9.63. The molecule has 0 aromatic heterocycles. The zero-order valence-corrected chi connectivity index (χ0v) is 17.1. The summed E-state index contributed by atoms with van der Waals surface area (Å²) < 4.78 is 16.1. The maximum absolute atomic E-state index is 12.7. The molecule has 0 spiro atoms. The highest BCUT2D eigenvalue weighted by molar-refractivity contribution is 5.93. The molecule has 1 aliphatic carbocycles. The number of methoxy groups -OCH3 is 3. The fourth-order valence-corrected chi connectivity index (χ4v) is 3.87. The van der Waals surface area contributed by atoms with Gasteiger partial charge in [0.05, 0.1) is 27.4 Å². The Morgan fingerprint density at radius 2 is 1.37 bits per heavy atom. The SMILES string of the molecule is COc1cc(C=CC(=O)NC2c3ccccc3-c3ccccc32)cc(OC)c1OC. The van der Waals surface area contributed by atoms with Crippen molar-refractivity contribution >= 4 is 12.0 Å². The lowest BCUT2D eigenvalue weighted by molar-refractivity contribution is -0.116. The number of hydrogen-bond donors (Lipinski definition) is 1. The number of benzene rings is 3. The standard InChI is InChI=1S/C25H23NO4/c1-28-21-14-16(15-22(29-2)25(21)30-3)12-13-23(27)26-24-19-10-6-4-8-17(19)18-9-5-7-11-20(18)24/h4-15,24H,1-3H3,(H,26,27). The molecule has 3 aromatic rings. The van der Waals surface area contributed by atoms with E-state index in [1.807, 2.05) is 24.3 Å². The number of fused-ring (bicyclic) bond motifs is 3. The van der Waals surface area contributed by atoms with Gasteiger partial charge in [0.2, 0.25) is 11.7 Å². The molecule has 0 saturated carbocycles. The van der Waals surface area contributed by atoms with Crippen molar-refractivity contribution in [2.45, 2.75) is 6.04 Å². The molecule has 5 nitrogen and oxygen atoms in total. The van der Waals surface area contributed by atoms with Gasteiger partial charge in [-0.25, -0.2) is 0 Å². The molecule has 0 atom stereocenters. The summed E-state index contributed by atoms with van der Waals surface area (Å²) in [6, 6.07) is 19.7. The van der Waals surface area contributed by atoms with Crippen LogP contribution in [0.1, 0.15) is 22.7 Å². The Morgan fingerprint density at radius 3 is 1.87 bits per heavy atom. The number of carbonyl (C=O) groups is 1. The molecule has 0 unspecified atom stereocenters. The van der Waals surface area contributed by atoms with E-state index in [-0.39, 0.29) is 11.9 Å². The molecule has 0 aliphatic heterocycles. The Kier molecular flexibility index (Phi) is 5.44. The molecular weight excluding hydrogens is 378 g/mol. The van der Waals surface area contributed by atoms with Gasteiger partial charge in [-0.2, -0.15) is 0 Å². The normalized spacial score (nSPS) is 12.4. The molecular formula is C25H23NO4. The van der Waals surface area contributed by atoms with E-state index in [1.54, 1.807) is 39.5 Å². The monoisotopic (exact) mass is 401 g/mol. The van der Waals surface area contributed by atoms with Gasteiger partial charge in [0.25, 0.3) is 0 Å². The highest BCUT2D eigenvalue weighted by atomic mass is 16.5. The van der Waals surface area contributed by atoms with Gasteiger partial charge in [-0.05, 0) is 46.0 Å². The third-order valence-electron chi connectivity index (χ3n) is 5.23. The summed E-state index contributed by atoms with van der Waals surface area (Å²) in [6.07, 6.45) is 3.25. The van der Waals surface area contributed by atoms with Crippen LogP contribution in [0.2, 0.25) is 0 Å². The Hall–Kier alpha value is -3.73. The fourth-order valence-electron chi connectivity index (χ4n) is 3.87. The Balaban J connectivity index is 1.58. The number of nitrogens with one attached hydrogen (secondary N) is 1. The third kappa shape index (κ3) is 3.50. The van der Waals surface area contributed by atoms with Crippen molar-refractivity contribution in [3.05, 3.63) is 83.4 Å². The van der Waals surface area contributed by atoms with Crippen molar-refractivity contribution in [3.8, 4) is 28.4 Å². The molecule has 1 aliphatic rings. The third-order valence-corrected chi connectivity index (χ3v) is 5.23. The second kappa shape index (κ2) is 8.33. The molecule has 0 bridgehead atoms. The van der Waals surface area contributed by atoms with Gasteiger partial charge in [0.15, 0.2) is 11.5 Å². The largest absolute Gasteiger partial charge is 0.493 e. The number of ether oxygens (including phenoxy) is 3. The average Bonchev–Trinajstić information content (AvgIpc) is 3.10. The summed E-state index contributed by atoms with van der Waals surface area (Å²) in [4.78, 5) is 12.7. The van der Waals surface area contributed by atoms with Crippen molar-refractivity contribution in [1.82, 2.24) is 5.32 Å². The topological polar surface area (TPSA) is 56.8 Å². The fraction of sp³-hybridized carbons (Fsp3) is 0.160. The van der Waals surface area contributed by atoms with Crippen LogP contribution in [0, 0.1) is 0 Å². The molecule has 4 rings (SSSR count). The van der Waals surface area contributed by atoms with Gasteiger partial charge in [-0.15, -0.1) is 0 Å². The van der Waals surface area contributed by atoms with Crippen LogP contribution in [-0.4, -0.2) is 27.2 Å². The molecule has 5 heteroatoms. The predicted molar refractivity (Wildman–Crippen MR) is 117 cm³/mol. The van der Waals surface area contributed by atoms with Crippen LogP contribution in [0.15, 0.2) is 66.7 Å². The first-order valence-electron chi connectivity index (χ1n) is 9.63. The van der Waals surface area contributed by atoms with E-state index >= 15 is 0 Å². The zero-order valence-electron chi connectivity index (χ0n) is 17.1. The molecule has 1 N–H and O–H groups in total. The second-order valence-electron chi connectivity index (χ2n) is 6.91. The number of hydrogen-bond acceptors (Lipinski definition) is 4. The van der Waals surface area contributed by atoms with Crippen LogP contribution in [0.25, 0.3) is 17.2 Å². The average molecular weight is 401 g/mol. The van der Waals surface area contributed by atoms with Gasteiger partial charge in [-0.1, -0.05) is 48.5 Å². The highest BCUT2D eigenvalue weighted by Gasteiger charge is 2.28. The lowest BCUT2D eigenvalue weighted by Crippen LogP contribution is -2.26. The number of amides is 1. The van der Waals surface area contributed by atoms with E-state index in [2.05, 4.69) is 29.6 Å². The maximum atomic E-state index is 12.7. The molecule has 152 valence electrons. The quantitative estimate of drug-likeness (QED) is 0.613. The van der Waals surface area contributed by atoms with Crippen LogP contribution in [0.5, 0.6) is 17.2 Å². The van der Waals surface area contributed by atoms with Crippen molar-refractivity contribution in [3.63, 3.8) is 0 Å². The van der Waals surface area contributed by atoms with Gasteiger partial charge >= 0.3 is 0 Å². The van der Waals surface area contributed by atoms with E-state index < -0.39 is 0 Å². The van der Waals surface area contributed by atoms with Gasteiger partial charge in [0, 0.05) is 6.08 Å². The van der Waals surface area contributed by atoms with Gasteiger partial charge in [0.1, 0.15) is 0 Å². The summed E-state index contributed by atoms with van der Waals surface area (Å²) in [6.45, 7) is 0. The summed E-state index contributed by atoms with van der Waals surface area (Å²) in [5, 5.41) is 3.13. The predicted octanol–water partition coefficient (Wildman–Crippen LogP) is 4.61. The van der Waals surface area contributed by atoms with E-state index in [4.69, 9.17) is 14.2 Å².